The fourth-order valence-corrected chi connectivity index (χ4v) is 3.21. The molecule has 0 unspecified atom stereocenters. The largest absolute Gasteiger partial charge is 0.454 e. The molecule has 28 heavy (non-hydrogen) atoms. The Morgan fingerprint density at radius 3 is 2.86 bits per heavy atom. The average molecular weight is 382 g/mol. The van der Waals surface area contributed by atoms with Crippen molar-refractivity contribution in [2.75, 3.05) is 24.8 Å². The van der Waals surface area contributed by atoms with E-state index in [1.165, 1.54) is 6.33 Å². The third-order valence-electron chi connectivity index (χ3n) is 4.70. The second kappa shape index (κ2) is 7.71. The van der Waals surface area contributed by atoms with Crippen LogP contribution in [0.2, 0.25) is 0 Å². The molecule has 1 aliphatic heterocycles. The van der Waals surface area contributed by atoms with Crippen LogP contribution in [0, 0.1) is 0 Å². The Bertz CT molecular complexity index is 998. The van der Waals surface area contributed by atoms with Gasteiger partial charge in [-0.2, -0.15) is 5.10 Å². The number of hydrogen-bond acceptors (Lipinski definition) is 7. The van der Waals surface area contributed by atoms with E-state index in [0.717, 1.165) is 35.6 Å². The van der Waals surface area contributed by atoms with Crippen LogP contribution in [0.1, 0.15) is 19.4 Å². The van der Waals surface area contributed by atoms with Crippen molar-refractivity contribution in [1.82, 2.24) is 25.1 Å². The van der Waals surface area contributed by atoms with Gasteiger partial charge in [-0.1, -0.05) is 6.07 Å². The molecule has 9 nitrogen and oxygen atoms in total. The SMILES string of the molecule is CCN(CC)c1ncnc2c1cnn2CC(=O)NCc1ccc2c(c1)OCO2. The predicted molar refractivity (Wildman–Crippen MR) is 103 cm³/mol. The van der Waals surface area contributed by atoms with Crippen LogP contribution in [0.4, 0.5) is 5.82 Å². The quantitative estimate of drug-likeness (QED) is 0.665. The lowest BCUT2D eigenvalue weighted by atomic mass is 10.2. The summed E-state index contributed by atoms with van der Waals surface area (Å²) in [6.07, 6.45) is 3.23. The molecule has 0 bridgehead atoms. The van der Waals surface area contributed by atoms with Crippen molar-refractivity contribution >= 4 is 22.8 Å². The highest BCUT2D eigenvalue weighted by Gasteiger charge is 2.16. The molecule has 0 aliphatic carbocycles. The third kappa shape index (κ3) is 3.42. The number of hydrogen-bond donors (Lipinski definition) is 1. The molecule has 9 heteroatoms. The minimum atomic E-state index is -0.148. The summed E-state index contributed by atoms with van der Waals surface area (Å²) in [6, 6.07) is 5.62. The number of carbonyl (C=O) groups is 1. The lowest BCUT2D eigenvalue weighted by Gasteiger charge is -2.19. The molecular weight excluding hydrogens is 360 g/mol. The van der Waals surface area contributed by atoms with Gasteiger partial charge >= 0.3 is 0 Å². The number of aromatic nitrogens is 4. The van der Waals surface area contributed by atoms with Crippen LogP contribution in [-0.2, 0) is 17.9 Å². The molecule has 1 amide bonds. The minimum absolute atomic E-state index is 0.0861. The molecule has 0 spiro atoms. The number of rotatable bonds is 7. The van der Waals surface area contributed by atoms with E-state index in [1.807, 2.05) is 18.2 Å². The molecule has 0 fully saturated rings. The van der Waals surface area contributed by atoms with Gasteiger partial charge in [0.25, 0.3) is 0 Å². The first kappa shape index (κ1) is 18.0. The molecule has 0 atom stereocenters. The van der Waals surface area contributed by atoms with Gasteiger partial charge in [-0.3, -0.25) is 4.79 Å². The molecule has 2 aromatic heterocycles. The summed E-state index contributed by atoms with van der Waals surface area (Å²) in [7, 11) is 0. The number of nitrogens with one attached hydrogen (secondary N) is 1. The van der Waals surface area contributed by atoms with Gasteiger partial charge in [0.1, 0.15) is 18.7 Å². The van der Waals surface area contributed by atoms with Gasteiger partial charge in [-0.05, 0) is 31.5 Å². The highest BCUT2D eigenvalue weighted by Crippen LogP contribution is 2.32. The van der Waals surface area contributed by atoms with E-state index in [9.17, 15) is 4.79 Å². The Morgan fingerprint density at radius 2 is 2.04 bits per heavy atom. The number of amides is 1. The Balaban J connectivity index is 1.44. The second-order valence-electron chi connectivity index (χ2n) is 6.37. The van der Waals surface area contributed by atoms with Crippen LogP contribution in [0.15, 0.2) is 30.7 Å². The van der Waals surface area contributed by atoms with E-state index in [0.29, 0.717) is 17.9 Å². The van der Waals surface area contributed by atoms with Gasteiger partial charge in [0.05, 0.1) is 11.6 Å². The van der Waals surface area contributed by atoms with Gasteiger partial charge in [-0.15, -0.1) is 0 Å². The zero-order valence-corrected chi connectivity index (χ0v) is 15.9. The topological polar surface area (TPSA) is 94.4 Å². The summed E-state index contributed by atoms with van der Waals surface area (Å²) in [6.45, 7) is 6.54. The predicted octanol–water partition coefficient (Wildman–Crippen LogP) is 1.72. The normalized spacial score (nSPS) is 12.4. The Labute approximate surface area is 162 Å². The van der Waals surface area contributed by atoms with E-state index in [4.69, 9.17) is 9.47 Å². The lowest BCUT2D eigenvalue weighted by Crippen LogP contribution is -2.27. The molecule has 0 saturated heterocycles. The monoisotopic (exact) mass is 382 g/mol. The van der Waals surface area contributed by atoms with Crippen molar-refractivity contribution in [3.05, 3.63) is 36.3 Å². The zero-order valence-electron chi connectivity index (χ0n) is 15.9. The number of ether oxygens (including phenoxy) is 2. The van der Waals surface area contributed by atoms with Crippen molar-refractivity contribution in [2.24, 2.45) is 0 Å². The molecule has 4 rings (SSSR count). The van der Waals surface area contributed by atoms with Crippen molar-refractivity contribution < 1.29 is 14.3 Å². The van der Waals surface area contributed by atoms with Crippen molar-refractivity contribution in [1.29, 1.82) is 0 Å². The smallest absolute Gasteiger partial charge is 0.242 e. The van der Waals surface area contributed by atoms with Crippen molar-refractivity contribution in [3.63, 3.8) is 0 Å². The summed E-state index contributed by atoms with van der Waals surface area (Å²) in [5.41, 5.74) is 1.59. The first-order valence-electron chi connectivity index (χ1n) is 9.26. The second-order valence-corrected chi connectivity index (χ2v) is 6.37. The van der Waals surface area contributed by atoms with Gasteiger partial charge in [-0.25, -0.2) is 14.6 Å². The first-order chi connectivity index (χ1) is 13.7. The first-order valence-corrected chi connectivity index (χ1v) is 9.26. The van der Waals surface area contributed by atoms with Gasteiger partial charge in [0.15, 0.2) is 17.1 Å². The maximum absolute atomic E-state index is 12.4. The zero-order chi connectivity index (χ0) is 19.5. The van der Waals surface area contributed by atoms with Crippen LogP contribution >= 0.6 is 0 Å². The highest BCUT2D eigenvalue weighted by atomic mass is 16.7. The molecule has 1 aliphatic rings. The molecular formula is C19H22N6O3. The maximum atomic E-state index is 12.4. The van der Waals surface area contributed by atoms with Crippen LogP contribution in [-0.4, -0.2) is 45.5 Å². The van der Waals surface area contributed by atoms with Crippen molar-refractivity contribution in [3.8, 4) is 11.5 Å². The number of benzene rings is 1. The average Bonchev–Trinajstić information content (AvgIpc) is 3.34. The van der Waals surface area contributed by atoms with E-state index in [-0.39, 0.29) is 19.2 Å². The molecule has 1 N–H and O–H groups in total. The molecule has 0 saturated carbocycles. The molecule has 146 valence electrons. The number of nitrogens with zero attached hydrogens (tertiary/aromatic N) is 5. The Hall–Kier alpha value is -3.36. The van der Waals surface area contributed by atoms with Gasteiger partial charge in [0, 0.05) is 19.6 Å². The fourth-order valence-electron chi connectivity index (χ4n) is 3.21. The van der Waals surface area contributed by atoms with Gasteiger partial charge in [0.2, 0.25) is 12.7 Å². The van der Waals surface area contributed by atoms with Crippen LogP contribution < -0.4 is 19.7 Å². The number of fused-ring (bicyclic) bond motifs is 2. The molecule has 3 aromatic rings. The summed E-state index contributed by atoms with van der Waals surface area (Å²) >= 11 is 0. The van der Waals surface area contributed by atoms with Crippen LogP contribution in [0.5, 0.6) is 11.5 Å². The van der Waals surface area contributed by atoms with Crippen LogP contribution in [0.25, 0.3) is 11.0 Å². The molecule has 0 radical (unpaired) electrons. The van der Waals surface area contributed by atoms with E-state index < -0.39 is 0 Å². The van der Waals surface area contributed by atoms with E-state index >= 15 is 0 Å². The number of anilines is 1. The summed E-state index contributed by atoms with van der Waals surface area (Å²) in [4.78, 5) is 23.2. The Morgan fingerprint density at radius 1 is 1.21 bits per heavy atom. The van der Waals surface area contributed by atoms with Gasteiger partial charge < -0.3 is 19.7 Å². The summed E-state index contributed by atoms with van der Waals surface area (Å²) < 4.78 is 12.3. The Kier molecular flexibility index (Phi) is 4.96. The lowest BCUT2D eigenvalue weighted by molar-refractivity contribution is -0.121. The summed E-state index contributed by atoms with van der Waals surface area (Å²) in [5.74, 6) is 2.11. The number of carbonyl (C=O) groups excluding carboxylic acids is 1. The van der Waals surface area contributed by atoms with Crippen LogP contribution in [0.3, 0.4) is 0 Å². The standard InChI is InChI=1S/C19H22N6O3/c1-3-24(4-2)18-14-9-23-25(19(14)22-11-21-18)10-17(26)20-8-13-5-6-15-16(7-13)28-12-27-15/h5-7,9,11H,3-4,8,10,12H2,1-2H3,(H,20,26). The van der Waals surface area contributed by atoms with E-state index in [1.54, 1.807) is 10.9 Å². The summed E-state index contributed by atoms with van der Waals surface area (Å²) in [5, 5.41) is 8.08. The molecule has 3 heterocycles. The fraction of sp³-hybridized carbons (Fsp3) is 0.368. The highest BCUT2D eigenvalue weighted by molar-refractivity contribution is 5.87. The van der Waals surface area contributed by atoms with E-state index in [2.05, 4.69) is 39.1 Å². The maximum Gasteiger partial charge on any atom is 0.242 e. The minimum Gasteiger partial charge on any atom is -0.454 e. The third-order valence-corrected chi connectivity index (χ3v) is 4.70. The van der Waals surface area contributed by atoms with Crippen molar-refractivity contribution in [2.45, 2.75) is 26.9 Å². The molecule has 1 aromatic carbocycles.